The number of hydrogen-bond donors (Lipinski definition) is 1. The fourth-order valence-electron chi connectivity index (χ4n) is 2.61. The fraction of sp³-hybridized carbons (Fsp3) is 0.158. The van der Waals surface area contributed by atoms with Crippen LogP contribution in [0.3, 0.4) is 0 Å². The van der Waals surface area contributed by atoms with Crippen molar-refractivity contribution in [1.29, 1.82) is 0 Å². The Hall–Kier alpha value is -3.35. The third-order valence-corrected chi connectivity index (χ3v) is 3.99. The summed E-state index contributed by atoms with van der Waals surface area (Å²) in [5.74, 6) is 0.0943. The van der Waals surface area contributed by atoms with E-state index in [9.17, 15) is 14.0 Å². The normalized spacial score (nSPS) is 15.3. The van der Waals surface area contributed by atoms with Crippen LogP contribution >= 0.6 is 0 Å². The Balaban J connectivity index is 1.87. The number of rotatable bonds is 5. The zero-order valence-corrected chi connectivity index (χ0v) is 14.3. The summed E-state index contributed by atoms with van der Waals surface area (Å²) in [6, 6.07) is 10.5. The van der Waals surface area contributed by atoms with Gasteiger partial charge in [0.25, 0.3) is 5.91 Å². The van der Waals surface area contributed by atoms with Crippen LogP contribution in [0.15, 0.2) is 48.2 Å². The number of halogens is 1. The lowest BCUT2D eigenvalue weighted by atomic mass is 10.1. The molecule has 1 aliphatic rings. The van der Waals surface area contributed by atoms with Crippen LogP contribution in [0.5, 0.6) is 11.5 Å². The van der Waals surface area contributed by atoms with E-state index < -0.39 is 17.8 Å². The molecule has 0 atom stereocenters. The standard InChI is InChI=1S/C19H17FN2O4/c1-25-14-8-7-12(17(10-14)26-2)9-16-18(23)22(19(24)21-16)11-13-5-3-4-6-15(13)20/h3-10H,11H2,1-2H3,(H,21,24). The van der Waals surface area contributed by atoms with E-state index in [-0.39, 0.29) is 17.8 Å². The van der Waals surface area contributed by atoms with Crippen LogP contribution in [-0.2, 0) is 11.3 Å². The first-order valence-electron chi connectivity index (χ1n) is 7.83. The summed E-state index contributed by atoms with van der Waals surface area (Å²) in [6.45, 7) is -0.144. The van der Waals surface area contributed by atoms with Crippen LogP contribution in [-0.4, -0.2) is 31.1 Å². The van der Waals surface area contributed by atoms with Crippen molar-refractivity contribution in [2.75, 3.05) is 14.2 Å². The van der Waals surface area contributed by atoms with Crippen molar-refractivity contribution in [2.45, 2.75) is 6.54 Å². The molecule has 0 bridgehead atoms. The van der Waals surface area contributed by atoms with Crippen molar-refractivity contribution in [3.8, 4) is 11.5 Å². The maximum atomic E-state index is 13.8. The molecule has 26 heavy (non-hydrogen) atoms. The van der Waals surface area contributed by atoms with Crippen LogP contribution < -0.4 is 14.8 Å². The average molecular weight is 356 g/mol. The van der Waals surface area contributed by atoms with Crippen LogP contribution in [0.25, 0.3) is 6.08 Å². The van der Waals surface area contributed by atoms with Crippen LogP contribution in [0.4, 0.5) is 9.18 Å². The number of urea groups is 1. The van der Waals surface area contributed by atoms with Gasteiger partial charge in [0.2, 0.25) is 0 Å². The summed E-state index contributed by atoms with van der Waals surface area (Å²) in [4.78, 5) is 25.6. The van der Waals surface area contributed by atoms with E-state index in [1.54, 1.807) is 30.3 Å². The van der Waals surface area contributed by atoms with Gasteiger partial charge in [0.05, 0.1) is 20.8 Å². The zero-order valence-electron chi connectivity index (χ0n) is 14.3. The van der Waals surface area contributed by atoms with Gasteiger partial charge in [-0.05, 0) is 24.3 Å². The number of hydrogen-bond acceptors (Lipinski definition) is 4. The maximum Gasteiger partial charge on any atom is 0.329 e. The van der Waals surface area contributed by atoms with E-state index in [0.717, 1.165) is 4.90 Å². The molecule has 0 spiro atoms. The number of ether oxygens (including phenoxy) is 2. The second-order valence-corrected chi connectivity index (χ2v) is 5.58. The minimum atomic E-state index is -0.600. The van der Waals surface area contributed by atoms with Gasteiger partial charge >= 0.3 is 6.03 Å². The van der Waals surface area contributed by atoms with Crippen LogP contribution in [0.1, 0.15) is 11.1 Å². The predicted molar refractivity (Wildman–Crippen MR) is 93.0 cm³/mol. The van der Waals surface area contributed by atoms with Gasteiger partial charge in [-0.1, -0.05) is 18.2 Å². The highest BCUT2D eigenvalue weighted by atomic mass is 19.1. The van der Waals surface area contributed by atoms with E-state index in [2.05, 4.69) is 5.32 Å². The van der Waals surface area contributed by atoms with Gasteiger partial charge in [-0.2, -0.15) is 0 Å². The Morgan fingerprint density at radius 1 is 1.12 bits per heavy atom. The summed E-state index contributed by atoms with van der Waals surface area (Å²) in [6.07, 6.45) is 1.51. The highest BCUT2D eigenvalue weighted by molar-refractivity contribution is 6.14. The average Bonchev–Trinajstić information content (AvgIpc) is 2.91. The number of carbonyl (C=O) groups is 2. The molecule has 1 heterocycles. The quantitative estimate of drug-likeness (QED) is 0.661. The van der Waals surface area contributed by atoms with Crippen LogP contribution in [0.2, 0.25) is 0 Å². The number of nitrogens with one attached hydrogen (secondary N) is 1. The largest absolute Gasteiger partial charge is 0.497 e. The van der Waals surface area contributed by atoms with Gasteiger partial charge in [-0.15, -0.1) is 0 Å². The van der Waals surface area contributed by atoms with Gasteiger partial charge in [0, 0.05) is 17.2 Å². The second-order valence-electron chi connectivity index (χ2n) is 5.58. The Bertz CT molecular complexity index is 895. The van der Waals surface area contributed by atoms with Gasteiger partial charge < -0.3 is 14.8 Å². The fourth-order valence-corrected chi connectivity index (χ4v) is 2.61. The maximum absolute atomic E-state index is 13.8. The molecule has 1 fully saturated rings. The van der Waals surface area contributed by atoms with Crippen molar-refractivity contribution >= 4 is 18.0 Å². The third-order valence-electron chi connectivity index (χ3n) is 3.99. The molecule has 0 unspecified atom stereocenters. The van der Waals surface area contributed by atoms with Crippen molar-refractivity contribution in [3.63, 3.8) is 0 Å². The first-order chi connectivity index (χ1) is 12.5. The van der Waals surface area contributed by atoms with Gasteiger partial charge in [0.15, 0.2) is 0 Å². The molecular weight excluding hydrogens is 339 g/mol. The smallest absolute Gasteiger partial charge is 0.329 e. The van der Waals surface area contributed by atoms with Gasteiger partial charge in [-0.25, -0.2) is 9.18 Å². The van der Waals surface area contributed by atoms with Gasteiger partial charge in [0.1, 0.15) is 23.0 Å². The Morgan fingerprint density at radius 2 is 1.88 bits per heavy atom. The zero-order chi connectivity index (χ0) is 18.7. The first kappa shape index (κ1) is 17.5. The highest BCUT2D eigenvalue weighted by Crippen LogP contribution is 2.27. The molecule has 1 aliphatic heterocycles. The Kier molecular flexibility index (Phi) is 4.88. The van der Waals surface area contributed by atoms with Crippen molar-refractivity contribution in [3.05, 3.63) is 65.1 Å². The number of methoxy groups -OCH3 is 2. The van der Waals surface area contributed by atoms with Crippen molar-refractivity contribution < 1.29 is 23.5 Å². The van der Waals surface area contributed by atoms with E-state index in [4.69, 9.17) is 9.47 Å². The molecule has 0 aliphatic carbocycles. The Labute approximate surface area is 149 Å². The van der Waals surface area contributed by atoms with Gasteiger partial charge in [-0.3, -0.25) is 9.69 Å². The molecular formula is C19H17FN2O4. The third kappa shape index (κ3) is 3.37. The highest BCUT2D eigenvalue weighted by Gasteiger charge is 2.34. The van der Waals surface area contributed by atoms with E-state index in [1.165, 1.54) is 32.4 Å². The lowest BCUT2D eigenvalue weighted by Crippen LogP contribution is -2.30. The number of amides is 3. The lowest BCUT2D eigenvalue weighted by Gasteiger charge is -2.12. The van der Waals surface area contributed by atoms with Crippen molar-refractivity contribution in [1.82, 2.24) is 10.2 Å². The minimum Gasteiger partial charge on any atom is -0.497 e. The summed E-state index contributed by atoms with van der Waals surface area (Å²) in [7, 11) is 3.03. The summed E-state index contributed by atoms with van der Waals surface area (Å²) in [5.41, 5.74) is 0.957. The summed E-state index contributed by atoms with van der Waals surface area (Å²) in [5, 5.41) is 2.51. The molecule has 2 aromatic carbocycles. The topological polar surface area (TPSA) is 67.9 Å². The molecule has 2 aromatic rings. The van der Waals surface area contributed by atoms with Crippen LogP contribution in [0, 0.1) is 5.82 Å². The predicted octanol–water partition coefficient (Wildman–Crippen LogP) is 2.94. The van der Waals surface area contributed by atoms with Crippen molar-refractivity contribution in [2.24, 2.45) is 0 Å². The molecule has 0 aromatic heterocycles. The Morgan fingerprint density at radius 3 is 2.58 bits per heavy atom. The van der Waals surface area contributed by atoms with E-state index in [1.807, 2.05) is 0 Å². The molecule has 7 heteroatoms. The number of imide groups is 1. The molecule has 1 saturated heterocycles. The molecule has 3 amide bonds. The molecule has 1 N–H and O–H groups in total. The first-order valence-corrected chi connectivity index (χ1v) is 7.83. The molecule has 6 nitrogen and oxygen atoms in total. The van der Waals surface area contributed by atoms with E-state index >= 15 is 0 Å². The number of carbonyl (C=O) groups excluding carboxylic acids is 2. The SMILES string of the molecule is COc1ccc(C=C2NC(=O)N(Cc3ccccc3F)C2=O)c(OC)c1. The molecule has 3 rings (SSSR count). The number of benzene rings is 2. The summed E-state index contributed by atoms with van der Waals surface area (Å²) >= 11 is 0. The minimum absolute atomic E-state index is 0.0924. The molecule has 0 saturated carbocycles. The second kappa shape index (κ2) is 7.26. The molecule has 0 radical (unpaired) electrons. The summed E-state index contributed by atoms with van der Waals surface area (Å²) < 4.78 is 24.2. The molecule has 134 valence electrons. The van der Waals surface area contributed by atoms with E-state index in [0.29, 0.717) is 17.1 Å². The monoisotopic (exact) mass is 356 g/mol. The lowest BCUT2D eigenvalue weighted by molar-refractivity contribution is -0.123. The number of nitrogens with zero attached hydrogens (tertiary/aromatic N) is 1.